The number of rotatable bonds is 7. The zero-order chi connectivity index (χ0) is 37.7. The van der Waals surface area contributed by atoms with Crippen molar-refractivity contribution in [2.24, 2.45) is 0 Å². The number of pyridine rings is 1. The average molecular weight is 730 g/mol. The maximum absolute atomic E-state index is 6.39. The molecular weight excluding hydrogens is 695 g/mol. The zero-order valence-corrected chi connectivity index (χ0v) is 31.0. The lowest BCUT2D eigenvalue weighted by molar-refractivity contribution is 0.673. The van der Waals surface area contributed by atoms with Gasteiger partial charge in [-0.25, -0.2) is 4.98 Å². The maximum Gasteiger partial charge on any atom is 0.161 e. The predicted octanol–water partition coefficient (Wildman–Crippen LogP) is 14.5. The summed E-state index contributed by atoms with van der Waals surface area (Å²) < 4.78 is 8.72. The van der Waals surface area contributed by atoms with Gasteiger partial charge in [0.2, 0.25) is 0 Å². The van der Waals surface area contributed by atoms with Crippen LogP contribution in [0.15, 0.2) is 217 Å². The molecule has 0 amide bonds. The highest BCUT2D eigenvalue weighted by atomic mass is 16.3. The van der Waals surface area contributed by atoms with Gasteiger partial charge in [0.25, 0.3) is 0 Å². The molecule has 0 radical (unpaired) electrons. The first-order valence-corrected chi connectivity index (χ1v) is 19.3. The molecular formula is C53H35N3O. The van der Waals surface area contributed by atoms with Crippen molar-refractivity contribution in [1.82, 2.24) is 9.55 Å². The van der Waals surface area contributed by atoms with E-state index in [-0.39, 0.29) is 0 Å². The van der Waals surface area contributed by atoms with Gasteiger partial charge in [-0.1, -0.05) is 127 Å². The molecule has 0 bridgehead atoms. The number of fused-ring (bicyclic) bond motifs is 6. The summed E-state index contributed by atoms with van der Waals surface area (Å²) in [5.74, 6) is 0. The second kappa shape index (κ2) is 13.6. The van der Waals surface area contributed by atoms with Crippen LogP contribution in [0, 0.1) is 0 Å². The van der Waals surface area contributed by atoms with Gasteiger partial charge in [0, 0.05) is 44.5 Å². The molecule has 11 aromatic rings. The molecule has 4 heteroatoms. The van der Waals surface area contributed by atoms with Gasteiger partial charge in [-0.15, -0.1) is 0 Å². The minimum atomic E-state index is 0.901. The van der Waals surface area contributed by atoms with Gasteiger partial charge < -0.3 is 13.9 Å². The van der Waals surface area contributed by atoms with E-state index in [4.69, 9.17) is 9.40 Å². The van der Waals surface area contributed by atoms with Gasteiger partial charge in [0.15, 0.2) is 5.58 Å². The molecule has 268 valence electrons. The minimum Gasteiger partial charge on any atom is -0.454 e. The molecule has 3 aromatic heterocycles. The van der Waals surface area contributed by atoms with Gasteiger partial charge in [-0.2, -0.15) is 0 Å². The Morgan fingerprint density at radius 3 is 1.61 bits per heavy atom. The smallest absolute Gasteiger partial charge is 0.161 e. The first-order valence-electron chi connectivity index (χ1n) is 19.3. The average Bonchev–Trinajstić information content (AvgIpc) is 3.82. The monoisotopic (exact) mass is 729 g/mol. The molecule has 3 heterocycles. The van der Waals surface area contributed by atoms with Crippen LogP contribution in [-0.2, 0) is 0 Å². The molecule has 0 fully saturated rings. The van der Waals surface area contributed by atoms with Crippen LogP contribution in [0.4, 0.5) is 17.1 Å². The molecule has 11 rings (SSSR count). The SMILES string of the molecule is c1ccc(-c2ccc(N(c3ccc(-c4ccc(-n5c6ccccc6c6oc7ccccc7c65)cc4)cc3)c3ccc(-c4ccc5ccccc5n4)cc3)cc2)cc1. The van der Waals surface area contributed by atoms with Crippen molar-refractivity contribution < 1.29 is 4.42 Å². The highest BCUT2D eigenvalue weighted by Crippen LogP contribution is 2.40. The van der Waals surface area contributed by atoms with Gasteiger partial charge >= 0.3 is 0 Å². The second-order valence-electron chi connectivity index (χ2n) is 14.4. The molecule has 8 aromatic carbocycles. The van der Waals surface area contributed by atoms with E-state index in [0.717, 1.165) is 89.0 Å². The van der Waals surface area contributed by atoms with Gasteiger partial charge in [-0.05, 0) is 107 Å². The van der Waals surface area contributed by atoms with E-state index >= 15 is 0 Å². The number of benzene rings is 8. The normalized spacial score (nSPS) is 11.5. The lowest BCUT2D eigenvalue weighted by Gasteiger charge is -2.26. The van der Waals surface area contributed by atoms with Crippen molar-refractivity contribution in [3.05, 3.63) is 212 Å². The van der Waals surface area contributed by atoms with Crippen molar-refractivity contribution >= 4 is 60.9 Å². The minimum absolute atomic E-state index is 0.901. The lowest BCUT2D eigenvalue weighted by Crippen LogP contribution is -2.09. The van der Waals surface area contributed by atoms with Crippen LogP contribution in [0.25, 0.3) is 83.1 Å². The van der Waals surface area contributed by atoms with Crippen molar-refractivity contribution in [2.75, 3.05) is 4.90 Å². The summed E-state index contributed by atoms with van der Waals surface area (Å²) in [6.45, 7) is 0. The summed E-state index contributed by atoms with van der Waals surface area (Å²) in [6, 6.07) is 75.0. The van der Waals surface area contributed by atoms with Crippen molar-refractivity contribution in [3.63, 3.8) is 0 Å². The molecule has 0 saturated carbocycles. The largest absolute Gasteiger partial charge is 0.454 e. The molecule has 0 aliphatic carbocycles. The number of nitrogens with zero attached hydrogens (tertiary/aromatic N) is 3. The molecule has 0 saturated heterocycles. The Morgan fingerprint density at radius 1 is 0.404 bits per heavy atom. The highest BCUT2D eigenvalue weighted by Gasteiger charge is 2.19. The molecule has 0 unspecified atom stereocenters. The third-order valence-electron chi connectivity index (χ3n) is 11.0. The fraction of sp³-hybridized carbons (Fsp3) is 0. The summed E-state index contributed by atoms with van der Waals surface area (Å²) in [4.78, 5) is 7.27. The van der Waals surface area contributed by atoms with E-state index in [1.807, 2.05) is 24.3 Å². The number of hydrogen-bond donors (Lipinski definition) is 0. The summed E-state index contributed by atoms with van der Waals surface area (Å²) in [6.07, 6.45) is 0. The van der Waals surface area contributed by atoms with Crippen molar-refractivity contribution in [1.29, 1.82) is 0 Å². The van der Waals surface area contributed by atoms with Crippen LogP contribution in [-0.4, -0.2) is 9.55 Å². The molecule has 0 aliphatic heterocycles. The number of aromatic nitrogens is 2. The molecule has 0 atom stereocenters. The van der Waals surface area contributed by atoms with Gasteiger partial charge in [0.05, 0.1) is 16.7 Å². The van der Waals surface area contributed by atoms with Crippen LogP contribution in [0.2, 0.25) is 0 Å². The molecule has 4 nitrogen and oxygen atoms in total. The number of furan rings is 1. The molecule has 0 N–H and O–H groups in total. The maximum atomic E-state index is 6.39. The predicted molar refractivity (Wildman–Crippen MR) is 237 cm³/mol. The molecule has 0 spiro atoms. The van der Waals surface area contributed by atoms with E-state index < -0.39 is 0 Å². The van der Waals surface area contributed by atoms with E-state index in [9.17, 15) is 0 Å². The zero-order valence-electron chi connectivity index (χ0n) is 31.0. The Balaban J connectivity index is 0.941. The Hall–Kier alpha value is -7.69. The fourth-order valence-corrected chi connectivity index (χ4v) is 8.18. The summed E-state index contributed by atoms with van der Waals surface area (Å²) in [7, 11) is 0. The van der Waals surface area contributed by atoms with Crippen LogP contribution in [0.3, 0.4) is 0 Å². The quantitative estimate of drug-likeness (QED) is 0.164. The van der Waals surface area contributed by atoms with Crippen molar-refractivity contribution in [3.8, 4) is 39.2 Å². The Bertz CT molecular complexity index is 3190. The third kappa shape index (κ3) is 5.74. The topological polar surface area (TPSA) is 34.2 Å². The van der Waals surface area contributed by atoms with Crippen LogP contribution in [0.5, 0.6) is 0 Å². The number of hydrogen-bond acceptors (Lipinski definition) is 3. The Labute approximate surface area is 330 Å². The van der Waals surface area contributed by atoms with Crippen molar-refractivity contribution in [2.45, 2.75) is 0 Å². The van der Waals surface area contributed by atoms with E-state index in [1.54, 1.807) is 0 Å². The number of para-hydroxylation sites is 3. The summed E-state index contributed by atoms with van der Waals surface area (Å²) >= 11 is 0. The summed E-state index contributed by atoms with van der Waals surface area (Å²) in [5, 5.41) is 3.37. The van der Waals surface area contributed by atoms with Gasteiger partial charge in [0.1, 0.15) is 11.1 Å². The molecule has 0 aliphatic rings. The first-order chi connectivity index (χ1) is 28.2. The van der Waals surface area contributed by atoms with Crippen LogP contribution < -0.4 is 4.90 Å². The van der Waals surface area contributed by atoms with Gasteiger partial charge in [-0.3, -0.25) is 0 Å². The van der Waals surface area contributed by atoms with Crippen LogP contribution >= 0.6 is 0 Å². The second-order valence-corrected chi connectivity index (χ2v) is 14.4. The standard InChI is InChI=1S/C53H35N3O/c1-2-10-36(11-3-1)37-18-27-42(28-19-37)55(44-33-24-41(25-34-44)49-35-26-40-12-4-7-15-48(40)54-49)43-29-20-38(21-30-43)39-22-31-45(32-23-39)56-50-16-8-5-13-46(50)53-52(56)47-14-6-9-17-51(47)57-53/h1-35H. The van der Waals surface area contributed by atoms with E-state index in [0.29, 0.717) is 0 Å². The third-order valence-corrected chi connectivity index (χ3v) is 11.0. The first kappa shape index (κ1) is 32.7. The fourth-order valence-electron chi connectivity index (χ4n) is 8.18. The Morgan fingerprint density at radius 2 is 0.930 bits per heavy atom. The summed E-state index contributed by atoms with van der Waals surface area (Å²) in [5.41, 5.74) is 16.1. The lowest BCUT2D eigenvalue weighted by atomic mass is 10.0. The van der Waals surface area contributed by atoms with Crippen LogP contribution in [0.1, 0.15) is 0 Å². The van der Waals surface area contributed by atoms with E-state index in [1.165, 1.54) is 11.1 Å². The Kier molecular flexibility index (Phi) is 7.78. The molecule has 57 heavy (non-hydrogen) atoms. The van der Waals surface area contributed by atoms with E-state index in [2.05, 4.69) is 198 Å². The highest BCUT2D eigenvalue weighted by molar-refractivity contribution is 6.16. The number of anilines is 3.